The Balaban J connectivity index is 1.63. The maximum absolute atomic E-state index is 9.62. The van der Waals surface area contributed by atoms with Crippen molar-refractivity contribution in [3.63, 3.8) is 0 Å². The molecule has 2 atom stereocenters. The molecule has 0 radical (unpaired) electrons. The van der Waals surface area contributed by atoms with E-state index < -0.39 is 0 Å². The molecule has 2 saturated carbocycles. The molecular weight excluding hydrogens is 304 g/mol. The second-order valence-corrected chi connectivity index (χ2v) is 6.72. The predicted molar refractivity (Wildman–Crippen MR) is 76.4 cm³/mol. The van der Waals surface area contributed by atoms with E-state index in [2.05, 4.69) is 32.4 Å². The zero-order chi connectivity index (χ0) is 13.3. The Morgan fingerprint density at radius 2 is 2.37 bits per heavy atom. The lowest BCUT2D eigenvalue weighted by Crippen LogP contribution is -2.48. The van der Waals surface area contributed by atoms with Gasteiger partial charge in [-0.05, 0) is 54.0 Å². The second kappa shape index (κ2) is 5.26. The van der Waals surface area contributed by atoms with Crippen LogP contribution in [-0.4, -0.2) is 21.4 Å². The third-order valence-electron chi connectivity index (χ3n) is 4.37. The van der Waals surface area contributed by atoms with Crippen LogP contribution in [0.25, 0.3) is 0 Å². The monoisotopic (exact) mass is 322 g/mol. The van der Waals surface area contributed by atoms with Crippen LogP contribution >= 0.6 is 15.9 Å². The summed E-state index contributed by atoms with van der Waals surface area (Å²) >= 11 is 3.41. The van der Waals surface area contributed by atoms with E-state index in [-0.39, 0.29) is 5.54 Å². The van der Waals surface area contributed by atoms with Crippen LogP contribution in [0.15, 0.2) is 16.9 Å². The highest BCUT2D eigenvalue weighted by molar-refractivity contribution is 9.10. The first-order chi connectivity index (χ1) is 9.22. The van der Waals surface area contributed by atoms with Gasteiger partial charge in [0.15, 0.2) is 0 Å². The average molecular weight is 323 g/mol. The number of nitrogens with one attached hydrogen (secondary N) is 1. The summed E-state index contributed by atoms with van der Waals surface area (Å²) in [6.45, 7) is 0.895. The van der Waals surface area contributed by atoms with Gasteiger partial charge in [0.2, 0.25) is 0 Å². The minimum absolute atomic E-state index is 0.272. The van der Waals surface area contributed by atoms with Gasteiger partial charge in [-0.2, -0.15) is 10.4 Å². The molecular formula is C14H19BrN4. The van der Waals surface area contributed by atoms with Crippen molar-refractivity contribution in [3.8, 4) is 6.07 Å². The number of rotatable bonds is 5. The predicted octanol–water partition coefficient (Wildman–Crippen LogP) is 2.85. The first kappa shape index (κ1) is 13.1. The molecule has 19 heavy (non-hydrogen) atoms. The Hall–Kier alpha value is -0.860. The Labute approximate surface area is 122 Å². The van der Waals surface area contributed by atoms with Crippen molar-refractivity contribution < 1.29 is 0 Å². The van der Waals surface area contributed by atoms with Crippen molar-refractivity contribution in [2.24, 2.45) is 5.92 Å². The van der Waals surface area contributed by atoms with E-state index in [1.165, 1.54) is 19.3 Å². The summed E-state index contributed by atoms with van der Waals surface area (Å²) in [4.78, 5) is 0. The van der Waals surface area contributed by atoms with E-state index in [1.807, 2.05) is 17.1 Å². The molecule has 0 aromatic carbocycles. The Bertz CT molecular complexity index is 488. The summed E-state index contributed by atoms with van der Waals surface area (Å²) in [6.07, 6.45) is 10.7. The lowest BCUT2D eigenvalue weighted by Gasteiger charge is -2.30. The van der Waals surface area contributed by atoms with Gasteiger partial charge in [0.25, 0.3) is 0 Å². The fourth-order valence-electron chi connectivity index (χ4n) is 3.18. The summed E-state index contributed by atoms with van der Waals surface area (Å²) in [5, 5.41) is 17.5. The highest BCUT2D eigenvalue weighted by atomic mass is 79.9. The minimum Gasteiger partial charge on any atom is -0.296 e. The first-order valence-electron chi connectivity index (χ1n) is 7.09. The third-order valence-corrected chi connectivity index (χ3v) is 4.78. The van der Waals surface area contributed by atoms with Crippen LogP contribution in [0.2, 0.25) is 0 Å². The number of nitrogens with zero attached hydrogens (tertiary/aromatic N) is 3. The molecule has 1 heterocycles. The third kappa shape index (κ3) is 2.85. The fraction of sp³-hybridized carbons (Fsp3) is 0.714. The molecule has 3 rings (SSSR count). The number of aromatic nitrogens is 2. The van der Waals surface area contributed by atoms with Crippen LogP contribution in [0.5, 0.6) is 0 Å². The van der Waals surface area contributed by atoms with Gasteiger partial charge >= 0.3 is 0 Å². The van der Waals surface area contributed by atoms with Crippen LogP contribution in [-0.2, 0) is 6.54 Å². The maximum atomic E-state index is 9.62. The van der Waals surface area contributed by atoms with Crippen LogP contribution in [0.1, 0.15) is 38.5 Å². The highest BCUT2D eigenvalue weighted by Gasteiger charge is 2.45. The minimum atomic E-state index is -0.272. The van der Waals surface area contributed by atoms with E-state index in [0.717, 1.165) is 30.3 Å². The molecule has 1 aromatic heterocycles. The van der Waals surface area contributed by atoms with Crippen LogP contribution in [0.3, 0.4) is 0 Å². The van der Waals surface area contributed by atoms with Gasteiger partial charge in [0, 0.05) is 18.8 Å². The normalized spacial score (nSPS) is 30.4. The highest BCUT2D eigenvalue weighted by Crippen LogP contribution is 2.40. The quantitative estimate of drug-likeness (QED) is 0.906. The van der Waals surface area contributed by atoms with Gasteiger partial charge in [-0.25, -0.2) is 0 Å². The number of aryl methyl sites for hydroxylation is 1. The van der Waals surface area contributed by atoms with Crippen molar-refractivity contribution in [2.45, 2.75) is 56.7 Å². The Morgan fingerprint density at radius 1 is 1.53 bits per heavy atom. The maximum Gasteiger partial charge on any atom is 0.109 e. The lowest BCUT2D eigenvalue weighted by atomic mass is 9.85. The molecule has 0 bridgehead atoms. The summed E-state index contributed by atoms with van der Waals surface area (Å²) in [5.74, 6) is 0.459. The Kier molecular flexibility index (Phi) is 3.64. The zero-order valence-corrected chi connectivity index (χ0v) is 12.6. The number of hydrogen-bond acceptors (Lipinski definition) is 3. The van der Waals surface area contributed by atoms with Crippen molar-refractivity contribution >= 4 is 15.9 Å². The summed E-state index contributed by atoms with van der Waals surface area (Å²) in [6, 6.07) is 3.19. The number of nitriles is 1. The van der Waals surface area contributed by atoms with E-state index >= 15 is 0 Å². The van der Waals surface area contributed by atoms with Gasteiger partial charge in [0.1, 0.15) is 5.54 Å². The molecule has 102 valence electrons. The largest absolute Gasteiger partial charge is 0.296 e. The van der Waals surface area contributed by atoms with Gasteiger partial charge in [-0.1, -0.05) is 6.42 Å². The standard InChI is InChI=1S/C14H19BrN4/c15-12-8-17-19(9-12)7-5-11-2-1-6-14(11,10-16)18-13-3-4-13/h8-9,11,13,18H,1-7H2. The topological polar surface area (TPSA) is 53.6 Å². The molecule has 4 nitrogen and oxygen atoms in total. The van der Waals surface area contributed by atoms with Gasteiger partial charge in [-0.3, -0.25) is 10.00 Å². The van der Waals surface area contributed by atoms with Crippen LogP contribution in [0.4, 0.5) is 0 Å². The molecule has 2 aliphatic carbocycles. The van der Waals surface area contributed by atoms with Gasteiger partial charge in [-0.15, -0.1) is 0 Å². The SMILES string of the molecule is N#CC1(NC2CC2)CCCC1CCn1cc(Br)cn1. The molecule has 2 unspecified atom stereocenters. The van der Waals surface area contributed by atoms with Crippen LogP contribution in [0, 0.1) is 17.2 Å². The van der Waals surface area contributed by atoms with E-state index in [9.17, 15) is 5.26 Å². The molecule has 2 aliphatic rings. The average Bonchev–Trinajstić information content (AvgIpc) is 2.97. The van der Waals surface area contributed by atoms with Crippen molar-refractivity contribution in [1.82, 2.24) is 15.1 Å². The first-order valence-corrected chi connectivity index (χ1v) is 7.88. The molecule has 5 heteroatoms. The molecule has 0 amide bonds. The van der Waals surface area contributed by atoms with Gasteiger partial charge in [0.05, 0.1) is 16.7 Å². The van der Waals surface area contributed by atoms with Crippen molar-refractivity contribution in [1.29, 1.82) is 5.26 Å². The van der Waals surface area contributed by atoms with E-state index in [4.69, 9.17) is 0 Å². The van der Waals surface area contributed by atoms with E-state index in [1.54, 1.807) is 0 Å². The molecule has 1 aromatic rings. The fourth-order valence-corrected chi connectivity index (χ4v) is 3.51. The number of halogens is 1. The molecule has 1 N–H and O–H groups in total. The van der Waals surface area contributed by atoms with Gasteiger partial charge < -0.3 is 0 Å². The summed E-state index contributed by atoms with van der Waals surface area (Å²) < 4.78 is 2.98. The molecule has 0 saturated heterocycles. The summed E-state index contributed by atoms with van der Waals surface area (Å²) in [7, 11) is 0. The Morgan fingerprint density at radius 3 is 3.00 bits per heavy atom. The van der Waals surface area contributed by atoms with E-state index in [0.29, 0.717) is 12.0 Å². The zero-order valence-electron chi connectivity index (χ0n) is 11.0. The molecule has 0 aliphatic heterocycles. The number of hydrogen-bond donors (Lipinski definition) is 1. The lowest BCUT2D eigenvalue weighted by molar-refractivity contribution is 0.284. The molecule has 0 spiro atoms. The second-order valence-electron chi connectivity index (χ2n) is 5.80. The molecule has 2 fully saturated rings. The summed E-state index contributed by atoms with van der Waals surface area (Å²) in [5.41, 5.74) is -0.272. The van der Waals surface area contributed by atoms with Crippen molar-refractivity contribution in [3.05, 3.63) is 16.9 Å². The van der Waals surface area contributed by atoms with Crippen molar-refractivity contribution in [2.75, 3.05) is 0 Å². The van der Waals surface area contributed by atoms with Crippen LogP contribution < -0.4 is 5.32 Å². The smallest absolute Gasteiger partial charge is 0.109 e.